The van der Waals surface area contributed by atoms with E-state index in [1.807, 2.05) is 11.4 Å². The number of anilines is 1. The molecule has 0 spiro atoms. The quantitative estimate of drug-likeness (QED) is 0.874. The average Bonchev–Trinajstić information content (AvgIpc) is 2.94. The number of piperidine rings is 3. The molecule has 2 N–H and O–H groups in total. The third-order valence-electron chi connectivity index (χ3n) is 5.31. The molecule has 4 fully saturated rings. The molecule has 4 aliphatic rings. The first-order valence-electron chi connectivity index (χ1n) is 8.35. The van der Waals surface area contributed by atoms with E-state index in [4.69, 9.17) is 9.84 Å². The Labute approximate surface area is 144 Å². The number of nitrogens with zero attached hydrogens (tertiary/aromatic N) is 2. The summed E-state index contributed by atoms with van der Waals surface area (Å²) < 4.78 is 5.65. The van der Waals surface area contributed by atoms with Gasteiger partial charge in [0.25, 0.3) is 0 Å². The van der Waals surface area contributed by atoms with Crippen molar-refractivity contribution in [3.8, 4) is 0 Å². The highest BCUT2D eigenvalue weighted by Crippen LogP contribution is 2.36. The molecule has 2 amide bonds. The van der Waals surface area contributed by atoms with Gasteiger partial charge < -0.3 is 14.7 Å². The van der Waals surface area contributed by atoms with Crippen LogP contribution in [0.3, 0.4) is 0 Å². The van der Waals surface area contributed by atoms with E-state index >= 15 is 0 Å². The van der Waals surface area contributed by atoms with E-state index in [1.54, 1.807) is 11.3 Å². The molecule has 0 radical (unpaired) electrons. The zero-order valence-electron chi connectivity index (χ0n) is 13.3. The number of thiophene rings is 1. The monoisotopic (exact) mass is 351 g/mol. The highest BCUT2D eigenvalue weighted by molar-refractivity contribution is 7.10. The summed E-state index contributed by atoms with van der Waals surface area (Å²) in [6.45, 7) is 4.04. The van der Waals surface area contributed by atoms with Crippen LogP contribution in [0.4, 0.5) is 15.3 Å². The van der Waals surface area contributed by atoms with Crippen LogP contribution in [0.1, 0.15) is 23.6 Å². The van der Waals surface area contributed by atoms with Crippen molar-refractivity contribution in [1.82, 2.24) is 9.80 Å². The second kappa shape index (κ2) is 6.25. The molecule has 0 unspecified atom stereocenters. The smallest absolute Gasteiger partial charge is 0.411 e. The number of likely N-dealkylation sites (tertiary alicyclic amines) is 1. The molecule has 130 valence electrons. The summed E-state index contributed by atoms with van der Waals surface area (Å²) >= 11 is 1.55. The van der Waals surface area contributed by atoms with Gasteiger partial charge in [-0.15, -0.1) is 11.3 Å². The molecule has 5 rings (SSSR count). The first kappa shape index (κ1) is 15.7. The number of hydrogen-bond acceptors (Lipinski definition) is 5. The van der Waals surface area contributed by atoms with Gasteiger partial charge in [-0.1, -0.05) is 0 Å². The molecule has 7 nitrogen and oxygen atoms in total. The van der Waals surface area contributed by atoms with Crippen LogP contribution in [0.5, 0.6) is 0 Å². The van der Waals surface area contributed by atoms with Crippen molar-refractivity contribution in [2.75, 3.05) is 38.0 Å². The largest absolute Gasteiger partial charge is 0.465 e. The second-order valence-electron chi connectivity index (χ2n) is 6.79. The molecule has 5 heterocycles. The first-order chi connectivity index (χ1) is 11.6. The molecule has 1 aromatic rings. The van der Waals surface area contributed by atoms with Gasteiger partial charge in [-0.3, -0.25) is 10.2 Å². The molecule has 2 bridgehead atoms. The van der Waals surface area contributed by atoms with Crippen molar-refractivity contribution in [2.45, 2.75) is 24.9 Å². The highest BCUT2D eigenvalue weighted by Gasteiger charge is 2.37. The minimum absolute atomic E-state index is 0.0132. The van der Waals surface area contributed by atoms with Gasteiger partial charge in [0.05, 0.1) is 5.69 Å². The number of rotatable bonds is 3. The fourth-order valence-corrected chi connectivity index (χ4v) is 4.80. The maximum absolute atomic E-state index is 12.3. The number of fused-ring (bicyclic) bond motifs is 3. The summed E-state index contributed by atoms with van der Waals surface area (Å²) in [6, 6.07) is 1.86. The Balaban J connectivity index is 1.34. The Bertz CT molecular complexity index is 635. The van der Waals surface area contributed by atoms with E-state index < -0.39 is 12.2 Å². The van der Waals surface area contributed by atoms with Gasteiger partial charge in [-0.25, -0.2) is 9.59 Å². The lowest BCUT2D eigenvalue weighted by Gasteiger charge is -2.43. The molecule has 0 aromatic carbocycles. The number of hydrogen-bond donors (Lipinski definition) is 2. The fraction of sp³-hybridized carbons (Fsp3) is 0.625. The van der Waals surface area contributed by atoms with Crippen LogP contribution in [0.2, 0.25) is 0 Å². The maximum atomic E-state index is 12.3. The molecule has 0 aliphatic carbocycles. The van der Waals surface area contributed by atoms with E-state index in [0.29, 0.717) is 19.0 Å². The van der Waals surface area contributed by atoms with Crippen molar-refractivity contribution in [3.63, 3.8) is 0 Å². The Hall–Kier alpha value is -1.80. The van der Waals surface area contributed by atoms with Crippen LogP contribution in [0.25, 0.3) is 0 Å². The van der Waals surface area contributed by atoms with Crippen molar-refractivity contribution in [2.24, 2.45) is 5.92 Å². The van der Waals surface area contributed by atoms with Gasteiger partial charge in [0.2, 0.25) is 0 Å². The number of ether oxygens (including phenoxy) is 1. The number of carboxylic acid groups (broad SMARTS) is 1. The Morgan fingerprint density at radius 1 is 1.25 bits per heavy atom. The van der Waals surface area contributed by atoms with Crippen LogP contribution in [-0.2, 0) is 4.74 Å². The van der Waals surface area contributed by atoms with Crippen molar-refractivity contribution >= 4 is 29.2 Å². The standard InChI is InChI=1S/C16H21N3O4S/c20-15(23-13-9-18-4-1-10(13)2-5-18)17-12-3-6-24-14(12)11-7-19(8-11)16(21)22/h3,6,10-11,13H,1-2,4-5,7-9H2,(H,17,20)(H,21,22)/t13-/m0/s1. The molecule has 4 aliphatic heterocycles. The molecular weight excluding hydrogens is 330 g/mol. The van der Waals surface area contributed by atoms with Crippen LogP contribution < -0.4 is 5.32 Å². The Morgan fingerprint density at radius 3 is 2.62 bits per heavy atom. The predicted molar refractivity (Wildman–Crippen MR) is 89.7 cm³/mol. The normalized spacial score (nSPS) is 29.2. The van der Waals surface area contributed by atoms with E-state index in [9.17, 15) is 9.59 Å². The third kappa shape index (κ3) is 2.95. The number of nitrogens with one attached hydrogen (secondary N) is 1. The van der Waals surface area contributed by atoms with Crippen molar-refractivity contribution < 1.29 is 19.4 Å². The summed E-state index contributed by atoms with van der Waals surface area (Å²) in [4.78, 5) is 27.9. The molecule has 8 heteroatoms. The number of amides is 2. The average molecular weight is 351 g/mol. The van der Waals surface area contributed by atoms with Crippen LogP contribution >= 0.6 is 11.3 Å². The summed E-state index contributed by atoms with van der Waals surface area (Å²) in [5.74, 6) is 0.645. The van der Waals surface area contributed by atoms with Gasteiger partial charge in [0, 0.05) is 30.4 Å². The molecular formula is C16H21N3O4S. The van der Waals surface area contributed by atoms with Crippen molar-refractivity contribution in [3.05, 3.63) is 16.3 Å². The summed E-state index contributed by atoms with van der Waals surface area (Å²) in [7, 11) is 0. The van der Waals surface area contributed by atoms with Gasteiger partial charge in [-0.05, 0) is 43.3 Å². The van der Waals surface area contributed by atoms with E-state index in [2.05, 4.69) is 10.2 Å². The zero-order chi connectivity index (χ0) is 16.7. The Kier molecular flexibility index (Phi) is 4.09. The molecule has 1 atom stereocenters. The maximum Gasteiger partial charge on any atom is 0.411 e. The van der Waals surface area contributed by atoms with Gasteiger partial charge in [0.1, 0.15) is 6.10 Å². The summed E-state index contributed by atoms with van der Waals surface area (Å²) in [6.07, 6.45) is 0.909. The molecule has 4 saturated heterocycles. The lowest BCUT2D eigenvalue weighted by atomic mass is 9.86. The number of carbonyl (C=O) groups excluding carboxylic acids is 1. The number of carbonyl (C=O) groups is 2. The lowest BCUT2D eigenvalue weighted by molar-refractivity contribution is -0.0289. The van der Waals surface area contributed by atoms with E-state index in [0.717, 1.165) is 43.0 Å². The second-order valence-corrected chi connectivity index (χ2v) is 7.74. The molecule has 1 aromatic heterocycles. The van der Waals surface area contributed by atoms with Crippen LogP contribution in [0, 0.1) is 5.92 Å². The minimum atomic E-state index is -0.890. The van der Waals surface area contributed by atoms with E-state index in [-0.39, 0.29) is 12.0 Å². The van der Waals surface area contributed by atoms with Gasteiger partial charge in [-0.2, -0.15) is 0 Å². The predicted octanol–water partition coefficient (Wildman–Crippen LogP) is 2.47. The summed E-state index contributed by atoms with van der Waals surface area (Å²) in [5, 5.41) is 13.7. The van der Waals surface area contributed by atoms with E-state index in [1.165, 1.54) is 4.90 Å². The van der Waals surface area contributed by atoms with Crippen LogP contribution in [-0.4, -0.2) is 65.9 Å². The molecule has 0 saturated carbocycles. The highest BCUT2D eigenvalue weighted by atomic mass is 32.1. The van der Waals surface area contributed by atoms with Crippen molar-refractivity contribution in [1.29, 1.82) is 0 Å². The zero-order valence-corrected chi connectivity index (χ0v) is 14.1. The Morgan fingerprint density at radius 2 is 2.00 bits per heavy atom. The van der Waals surface area contributed by atoms with Gasteiger partial charge in [0.15, 0.2) is 0 Å². The minimum Gasteiger partial charge on any atom is -0.465 e. The topological polar surface area (TPSA) is 82.1 Å². The fourth-order valence-electron chi connectivity index (χ4n) is 3.86. The SMILES string of the molecule is O=C(Nc1ccsc1C1CN(C(=O)O)C1)O[C@H]1CN2CCC1CC2. The lowest BCUT2D eigenvalue weighted by Crippen LogP contribution is -2.52. The first-order valence-corrected chi connectivity index (χ1v) is 9.23. The third-order valence-corrected chi connectivity index (χ3v) is 6.39. The summed E-state index contributed by atoms with van der Waals surface area (Å²) in [5.41, 5.74) is 0.751. The molecule has 24 heavy (non-hydrogen) atoms. The van der Waals surface area contributed by atoms with Crippen LogP contribution in [0.15, 0.2) is 11.4 Å². The van der Waals surface area contributed by atoms with Gasteiger partial charge >= 0.3 is 12.2 Å².